The van der Waals surface area contributed by atoms with Crippen LogP contribution in [0.2, 0.25) is 0 Å². The van der Waals surface area contributed by atoms with Gasteiger partial charge in [-0.2, -0.15) is 0 Å². The summed E-state index contributed by atoms with van der Waals surface area (Å²) < 4.78 is 12.8. The van der Waals surface area contributed by atoms with Crippen LogP contribution in [0.25, 0.3) is 0 Å². The standard InChI is InChI=1S/C14H27FN2/c1-4-14(5-2)10-16-13(3,12-6-7-12)11-17(14)9-8-15/h12,16H,4-11H2,1-3H3. The number of nitrogens with one attached hydrogen (secondary N) is 1. The number of nitrogens with zero attached hydrogens (tertiary/aromatic N) is 1. The topological polar surface area (TPSA) is 15.3 Å². The van der Waals surface area contributed by atoms with Gasteiger partial charge in [0.15, 0.2) is 0 Å². The second-order valence-electron chi connectivity index (χ2n) is 6.09. The van der Waals surface area contributed by atoms with Crippen molar-refractivity contribution in [1.29, 1.82) is 0 Å². The molecule has 1 saturated carbocycles. The van der Waals surface area contributed by atoms with Crippen molar-refractivity contribution in [2.45, 2.75) is 57.5 Å². The molecule has 0 aromatic rings. The van der Waals surface area contributed by atoms with E-state index in [0.29, 0.717) is 6.54 Å². The maximum absolute atomic E-state index is 12.8. The molecule has 1 unspecified atom stereocenters. The lowest BCUT2D eigenvalue weighted by atomic mass is 9.81. The molecule has 2 fully saturated rings. The molecular formula is C14H27FN2. The van der Waals surface area contributed by atoms with E-state index in [4.69, 9.17) is 0 Å². The first-order valence-electron chi connectivity index (χ1n) is 7.16. The highest BCUT2D eigenvalue weighted by Crippen LogP contribution is 2.43. The predicted octanol–water partition coefficient (Wildman–Crippen LogP) is 2.59. The van der Waals surface area contributed by atoms with Gasteiger partial charge in [-0.25, -0.2) is 4.39 Å². The van der Waals surface area contributed by atoms with E-state index < -0.39 is 0 Å². The second-order valence-corrected chi connectivity index (χ2v) is 6.09. The van der Waals surface area contributed by atoms with Gasteiger partial charge in [0, 0.05) is 30.7 Å². The van der Waals surface area contributed by atoms with E-state index in [0.717, 1.165) is 31.8 Å². The van der Waals surface area contributed by atoms with Gasteiger partial charge in [0.2, 0.25) is 0 Å². The van der Waals surface area contributed by atoms with E-state index in [2.05, 4.69) is 31.0 Å². The van der Waals surface area contributed by atoms with E-state index in [1.165, 1.54) is 12.8 Å². The Morgan fingerprint density at radius 3 is 2.41 bits per heavy atom. The Morgan fingerprint density at radius 2 is 1.94 bits per heavy atom. The highest BCUT2D eigenvalue weighted by atomic mass is 19.1. The number of hydrogen-bond acceptors (Lipinski definition) is 2. The Labute approximate surface area is 105 Å². The Hall–Kier alpha value is -0.150. The molecule has 1 atom stereocenters. The molecule has 100 valence electrons. The Morgan fingerprint density at radius 1 is 1.29 bits per heavy atom. The monoisotopic (exact) mass is 242 g/mol. The molecule has 0 spiro atoms. The summed E-state index contributed by atoms with van der Waals surface area (Å²) in [5.74, 6) is 0.816. The van der Waals surface area contributed by atoms with Crippen LogP contribution in [0.3, 0.4) is 0 Å². The van der Waals surface area contributed by atoms with Gasteiger partial charge in [-0.3, -0.25) is 4.90 Å². The average Bonchev–Trinajstić information content (AvgIpc) is 3.15. The molecule has 0 radical (unpaired) electrons. The van der Waals surface area contributed by atoms with Crippen LogP contribution in [0.1, 0.15) is 46.5 Å². The third kappa shape index (κ3) is 2.37. The third-order valence-electron chi connectivity index (χ3n) is 5.16. The molecule has 1 aliphatic heterocycles. The molecule has 2 aliphatic rings. The van der Waals surface area contributed by atoms with E-state index in [-0.39, 0.29) is 17.8 Å². The zero-order chi connectivity index (χ0) is 12.5. The maximum atomic E-state index is 12.8. The van der Waals surface area contributed by atoms with Gasteiger partial charge in [-0.05, 0) is 38.5 Å². The van der Waals surface area contributed by atoms with Crippen molar-refractivity contribution >= 4 is 0 Å². The molecule has 1 heterocycles. The minimum atomic E-state index is -0.220. The summed E-state index contributed by atoms with van der Waals surface area (Å²) in [5, 5.41) is 3.77. The number of hydrogen-bond donors (Lipinski definition) is 1. The molecule has 0 aromatic carbocycles. The normalized spacial score (nSPS) is 33.9. The lowest BCUT2D eigenvalue weighted by Gasteiger charge is -2.53. The van der Waals surface area contributed by atoms with Gasteiger partial charge in [0.05, 0.1) is 0 Å². The largest absolute Gasteiger partial charge is 0.308 e. The smallest absolute Gasteiger partial charge is 0.102 e. The minimum Gasteiger partial charge on any atom is -0.308 e. The first kappa shape index (κ1) is 13.3. The van der Waals surface area contributed by atoms with Crippen molar-refractivity contribution in [2.24, 2.45) is 5.92 Å². The fourth-order valence-electron chi connectivity index (χ4n) is 3.46. The highest BCUT2D eigenvalue weighted by Gasteiger charge is 2.49. The summed E-state index contributed by atoms with van der Waals surface area (Å²) in [6.45, 7) is 9.21. The molecule has 0 aromatic heterocycles. The molecule has 3 heteroatoms. The molecular weight excluding hydrogens is 215 g/mol. The van der Waals surface area contributed by atoms with Gasteiger partial charge in [-0.1, -0.05) is 13.8 Å². The quantitative estimate of drug-likeness (QED) is 0.797. The fourth-order valence-corrected chi connectivity index (χ4v) is 3.46. The molecule has 1 aliphatic carbocycles. The summed E-state index contributed by atoms with van der Waals surface area (Å²) in [6, 6.07) is 0. The third-order valence-corrected chi connectivity index (χ3v) is 5.16. The van der Waals surface area contributed by atoms with Gasteiger partial charge in [0.25, 0.3) is 0 Å². The zero-order valence-electron chi connectivity index (χ0n) is 11.6. The van der Waals surface area contributed by atoms with Gasteiger partial charge < -0.3 is 5.32 Å². The number of piperazine rings is 1. The van der Waals surface area contributed by atoms with Crippen LogP contribution < -0.4 is 5.32 Å². The van der Waals surface area contributed by atoms with E-state index in [1.807, 2.05) is 0 Å². The number of halogens is 1. The number of alkyl halides is 1. The number of rotatable bonds is 5. The summed E-state index contributed by atoms with van der Waals surface area (Å²) >= 11 is 0. The Kier molecular flexibility index (Phi) is 3.79. The Bertz CT molecular complexity index is 261. The summed E-state index contributed by atoms with van der Waals surface area (Å²) in [5.41, 5.74) is 0.406. The van der Waals surface area contributed by atoms with Crippen molar-refractivity contribution in [3.63, 3.8) is 0 Å². The van der Waals surface area contributed by atoms with Crippen LogP contribution in [-0.2, 0) is 0 Å². The molecule has 17 heavy (non-hydrogen) atoms. The fraction of sp³-hybridized carbons (Fsp3) is 1.00. The van der Waals surface area contributed by atoms with Crippen LogP contribution >= 0.6 is 0 Å². The molecule has 0 bridgehead atoms. The van der Waals surface area contributed by atoms with E-state index in [9.17, 15) is 4.39 Å². The molecule has 2 nitrogen and oxygen atoms in total. The molecule has 1 N–H and O–H groups in total. The average molecular weight is 242 g/mol. The maximum Gasteiger partial charge on any atom is 0.102 e. The van der Waals surface area contributed by atoms with Gasteiger partial charge >= 0.3 is 0 Å². The minimum absolute atomic E-state index is 0.181. The van der Waals surface area contributed by atoms with Crippen LogP contribution in [-0.4, -0.2) is 42.3 Å². The lowest BCUT2D eigenvalue weighted by molar-refractivity contribution is -0.00666. The van der Waals surface area contributed by atoms with E-state index >= 15 is 0 Å². The van der Waals surface area contributed by atoms with Crippen LogP contribution in [0.15, 0.2) is 0 Å². The summed E-state index contributed by atoms with van der Waals surface area (Å²) in [4.78, 5) is 2.42. The summed E-state index contributed by atoms with van der Waals surface area (Å²) in [6.07, 6.45) is 4.91. The predicted molar refractivity (Wildman–Crippen MR) is 70.0 cm³/mol. The van der Waals surface area contributed by atoms with Crippen molar-refractivity contribution in [2.75, 3.05) is 26.3 Å². The first-order chi connectivity index (χ1) is 8.10. The van der Waals surface area contributed by atoms with Crippen molar-refractivity contribution < 1.29 is 4.39 Å². The highest BCUT2D eigenvalue weighted by molar-refractivity contribution is 5.08. The van der Waals surface area contributed by atoms with Crippen molar-refractivity contribution in [3.05, 3.63) is 0 Å². The van der Waals surface area contributed by atoms with Crippen molar-refractivity contribution in [1.82, 2.24) is 10.2 Å². The van der Waals surface area contributed by atoms with E-state index in [1.54, 1.807) is 0 Å². The summed E-state index contributed by atoms with van der Waals surface area (Å²) in [7, 11) is 0. The Balaban J connectivity index is 2.11. The molecule has 0 amide bonds. The molecule has 1 saturated heterocycles. The van der Waals surface area contributed by atoms with Crippen LogP contribution in [0.4, 0.5) is 4.39 Å². The van der Waals surface area contributed by atoms with Gasteiger partial charge in [-0.15, -0.1) is 0 Å². The second kappa shape index (κ2) is 4.85. The van der Waals surface area contributed by atoms with Crippen molar-refractivity contribution in [3.8, 4) is 0 Å². The first-order valence-corrected chi connectivity index (χ1v) is 7.16. The SMILES string of the molecule is CCC1(CC)CNC(C)(C2CC2)CN1CCF. The lowest BCUT2D eigenvalue weighted by Crippen LogP contribution is -2.69. The van der Waals surface area contributed by atoms with Gasteiger partial charge in [0.1, 0.15) is 6.67 Å². The van der Waals surface area contributed by atoms with Crippen LogP contribution in [0, 0.1) is 5.92 Å². The van der Waals surface area contributed by atoms with Crippen LogP contribution in [0.5, 0.6) is 0 Å². The zero-order valence-corrected chi connectivity index (χ0v) is 11.6. The molecule has 2 rings (SSSR count).